The molecule has 0 radical (unpaired) electrons. The van der Waals surface area contributed by atoms with Crippen molar-refractivity contribution in [2.45, 2.75) is 11.8 Å². The lowest BCUT2D eigenvalue weighted by molar-refractivity contribution is 0.202. The van der Waals surface area contributed by atoms with Crippen molar-refractivity contribution in [1.29, 1.82) is 0 Å². The quantitative estimate of drug-likeness (QED) is 0.706. The summed E-state index contributed by atoms with van der Waals surface area (Å²) in [5, 5.41) is -0.0751. The number of ether oxygens (including phenoxy) is 1. The van der Waals surface area contributed by atoms with E-state index in [1.165, 1.54) is 12.1 Å². The minimum Gasteiger partial charge on any atom is -0.384 e. The molecule has 0 saturated heterocycles. The molecule has 0 N–H and O–H groups in total. The zero-order chi connectivity index (χ0) is 14.5. The van der Waals surface area contributed by atoms with Crippen LogP contribution in [-0.2, 0) is 11.2 Å². The minimum atomic E-state index is -0.551. The van der Waals surface area contributed by atoms with Crippen LogP contribution in [0, 0.1) is 5.82 Å². The first-order chi connectivity index (χ1) is 9.61. The van der Waals surface area contributed by atoms with Gasteiger partial charge in [-0.3, -0.25) is 0 Å². The lowest BCUT2D eigenvalue weighted by atomic mass is 10.0. The number of hydrogen-bond donors (Lipinski definition) is 0. The van der Waals surface area contributed by atoms with E-state index in [0.717, 1.165) is 17.5 Å². The summed E-state index contributed by atoms with van der Waals surface area (Å²) >= 11 is 12.2. The average Bonchev–Trinajstić information content (AvgIpc) is 2.47. The van der Waals surface area contributed by atoms with Gasteiger partial charge in [0.2, 0.25) is 0 Å². The van der Waals surface area contributed by atoms with Gasteiger partial charge in [-0.05, 0) is 35.7 Å². The van der Waals surface area contributed by atoms with Gasteiger partial charge in [0.05, 0.1) is 12.0 Å². The number of benzene rings is 2. The second-order valence-corrected chi connectivity index (χ2v) is 5.39. The fraction of sp³-hybridized carbons (Fsp3) is 0.250. The summed E-state index contributed by atoms with van der Waals surface area (Å²) < 4.78 is 18.8. The Morgan fingerprint density at radius 1 is 1.15 bits per heavy atom. The molecule has 2 rings (SSSR count). The van der Waals surface area contributed by atoms with Crippen LogP contribution in [0.25, 0.3) is 0 Å². The van der Waals surface area contributed by atoms with Crippen LogP contribution in [0.4, 0.5) is 4.39 Å². The molecule has 4 heteroatoms. The maximum atomic E-state index is 13.8. The molecule has 1 atom stereocenters. The van der Waals surface area contributed by atoms with Crippen molar-refractivity contribution in [3.63, 3.8) is 0 Å². The SMILES string of the molecule is COCCc1ccc(C(Cl)c2cc(Cl)ccc2F)cc1. The maximum Gasteiger partial charge on any atom is 0.128 e. The van der Waals surface area contributed by atoms with Crippen LogP contribution in [0.1, 0.15) is 22.1 Å². The van der Waals surface area contributed by atoms with Gasteiger partial charge in [0.15, 0.2) is 0 Å². The zero-order valence-corrected chi connectivity index (χ0v) is 12.6. The largest absolute Gasteiger partial charge is 0.384 e. The number of rotatable bonds is 5. The fourth-order valence-electron chi connectivity index (χ4n) is 1.96. The zero-order valence-electron chi connectivity index (χ0n) is 11.1. The van der Waals surface area contributed by atoms with Gasteiger partial charge < -0.3 is 4.74 Å². The molecule has 0 heterocycles. The van der Waals surface area contributed by atoms with Crippen molar-refractivity contribution in [1.82, 2.24) is 0 Å². The lowest BCUT2D eigenvalue weighted by Crippen LogP contribution is -1.99. The summed E-state index contributed by atoms with van der Waals surface area (Å²) in [5.74, 6) is -0.349. The molecule has 106 valence electrons. The number of alkyl halides is 1. The van der Waals surface area contributed by atoms with Gasteiger partial charge in [-0.15, -0.1) is 11.6 Å². The Labute approximate surface area is 128 Å². The monoisotopic (exact) mass is 312 g/mol. The van der Waals surface area contributed by atoms with E-state index in [9.17, 15) is 4.39 Å². The van der Waals surface area contributed by atoms with Gasteiger partial charge in [0.25, 0.3) is 0 Å². The molecule has 0 amide bonds. The van der Waals surface area contributed by atoms with Gasteiger partial charge in [0.1, 0.15) is 5.82 Å². The minimum absolute atomic E-state index is 0.349. The summed E-state index contributed by atoms with van der Waals surface area (Å²) in [7, 11) is 1.67. The third-order valence-corrected chi connectivity index (χ3v) is 3.82. The molecule has 0 saturated carbocycles. The Morgan fingerprint density at radius 2 is 1.85 bits per heavy atom. The predicted molar refractivity (Wildman–Crippen MR) is 81.1 cm³/mol. The highest BCUT2D eigenvalue weighted by molar-refractivity contribution is 6.30. The normalized spacial score (nSPS) is 12.4. The van der Waals surface area contributed by atoms with E-state index in [0.29, 0.717) is 17.2 Å². The Kier molecular flexibility index (Phi) is 5.41. The number of halogens is 3. The highest BCUT2D eigenvalue weighted by atomic mass is 35.5. The molecule has 0 aliphatic heterocycles. The second kappa shape index (κ2) is 7.07. The van der Waals surface area contributed by atoms with Crippen LogP contribution in [-0.4, -0.2) is 13.7 Å². The fourth-order valence-corrected chi connectivity index (χ4v) is 2.45. The summed E-state index contributed by atoms with van der Waals surface area (Å²) in [4.78, 5) is 0. The van der Waals surface area contributed by atoms with Gasteiger partial charge in [-0.1, -0.05) is 35.9 Å². The van der Waals surface area contributed by atoms with Crippen LogP contribution >= 0.6 is 23.2 Å². The van der Waals surface area contributed by atoms with Gasteiger partial charge >= 0.3 is 0 Å². The molecule has 2 aromatic rings. The number of methoxy groups -OCH3 is 1. The first-order valence-corrected chi connectivity index (χ1v) is 7.10. The highest BCUT2D eigenvalue weighted by Crippen LogP contribution is 2.32. The third kappa shape index (κ3) is 3.72. The lowest BCUT2D eigenvalue weighted by Gasteiger charge is -2.12. The summed E-state index contributed by atoms with van der Waals surface area (Å²) in [5.41, 5.74) is 2.39. The van der Waals surface area contributed by atoms with E-state index in [4.69, 9.17) is 27.9 Å². The molecule has 0 aliphatic carbocycles. The maximum absolute atomic E-state index is 13.8. The van der Waals surface area contributed by atoms with Crippen LogP contribution < -0.4 is 0 Å². The van der Waals surface area contributed by atoms with E-state index in [-0.39, 0.29) is 5.82 Å². The first-order valence-electron chi connectivity index (χ1n) is 6.28. The summed E-state index contributed by atoms with van der Waals surface area (Å²) in [6.07, 6.45) is 0.843. The Morgan fingerprint density at radius 3 is 2.50 bits per heavy atom. The van der Waals surface area contributed by atoms with Gasteiger partial charge in [-0.2, -0.15) is 0 Å². The van der Waals surface area contributed by atoms with E-state index in [1.54, 1.807) is 13.2 Å². The van der Waals surface area contributed by atoms with Gasteiger partial charge in [-0.25, -0.2) is 4.39 Å². The molecular formula is C16H15Cl2FO. The topological polar surface area (TPSA) is 9.23 Å². The molecule has 0 bridgehead atoms. The van der Waals surface area contributed by atoms with Crippen molar-refractivity contribution in [2.75, 3.05) is 13.7 Å². The smallest absolute Gasteiger partial charge is 0.128 e. The molecule has 1 unspecified atom stereocenters. The predicted octanol–water partition coefficient (Wildman–Crippen LogP) is 5.00. The second-order valence-electron chi connectivity index (χ2n) is 4.51. The molecule has 0 fully saturated rings. The van der Waals surface area contributed by atoms with Crippen LogP contribution in [0.3, 0.4) is 0 Å². The van der Waals surface area contributed by atoms with Crippen LogP contribution in [0.15, 0.2) is 42.5 Å². The van der Waals surface area contributed by atoms with Crippen molar-refractivity contribution in [3.05, 3.63) is 70.0 Å². The Bertz CT molecular complexity index is 569. The number of hydrogen-bond acceptors (Lipinski definition) is 1. The molecular weight excluding hydrogens is 298 g/mol. The van der Waals surface area contributed by atoms with Crippen molar-refractivity contribution >= 4 is 23.2 Å². The van der Waals surface area contributed by atoms with Crippen molar-refractivity contribution in [3.8, 4) is 0 Å². The van der Waals surface area contributed by atoms with Crippen LogP contribution in [0.5, 0.6) is 0 Å². The third-order valence-electron chi connectivity index (χ3n) is 3.10. The first kappa shape index (κ1) is 15.3. The molecule has 2 aromatic carbocycles. The molecule has 0 aliphatic rings. The van der Waals surface area contributed by atoms with E-state index in [1.807, 2.05) is 24.3 Å². The van der Waals surface area contributed by atoms with Gasteiger partial charge in [0, 0.05) is 17.7 Å². The van der Waals surface area contributed by atoms with Crippen LogP contribution in [0.2, 0.25) is 5.02 Å². The van der Waals surface area contributed by atoms with Crippen molar-refractivity contribution < 1.29 is 9.13 Å². The molecule has 0 spiro atoms. The Hall–Kier alpha value is -1.09. The highest BCUT2D eigenvalue weighted by Gasteiger charge is 2.15. The Balaban J connectivity index is 2.20. The molecule has 0 aromatic heterocycles. The van der Waals surface area contributed by atoms with E-state index >= 15 is 0 Å². The molecule has 1 nitrogen and oxygen atoms in total. The van der Waals surface area contributed by atoms with E-state index < -0.39 is 5.38 Å². The van der Waals surface area contributed by atoms with Crippen molar-refractivity contribution in [2.24, 2.45) is 0 Å². The van der Waals surface area contributed by atoms with E-state index in [2.05, 4.69) is 0 Å². The standard InChI is InChI=1S/C16H15Cl2FO/c1-20-9-8-11-2-4-12(5-3-11)16(18)14-10-13(17)6-7-15(14)19/h2-7,10,16H,8-9H2,1H3. The average molecular weight is 313 g/mol. The summed E-state index contributed by atoms with van der Waals surface area (Å²) in [6, 6.07) is 12.2. The summed E-state index contributed by atoms with van der Waals surface area (Å²) in [6.45, 7) is 0.673. The molecule has 20 heavy (non-hydrogen) atoms.